The average molecular weight is 282 g/mol. The van der Waals surface area contributed by atoms with Gasteiger partial charge in [0, 0.05) is 16.7 Å². The first-order valence-electron chi connectivity index (χ1n) is 5.58. The highest BCUT2D eigenvalue weighted by molar-refractivity contribution is 7.13. The predicted octanol–water partition coefficient (Wildman–Crippen LogP) is 3.14. The maximum atomic E-state index is 10.5. The summed E-state index contributed by atoms with van der Waals surface area (Å²) in [5.41, 5.74) is 2.13. The number of thiophene rings is 1. The number of aryl methyl sites for hydroxylation is 2. The van der Waals surface area contributed by atoms with Crippen LogP contribution < -0.4 is 5.32 Å². The highest BCUT2D eigenvalue weighted by Gasteiger charge is 2.05. The Kier molecular flexibility index (Phi) is 4.33. The summed E-state index contributed by atoms with van der Waals surface area (Å²) in [6, 6.07) is 2.10. The minimum absolute atomic E-state index is 0.132. The van der Waals surface area contributed by atoms with Crippen molar-refractivity contribution in [1.29, 1.82) is 0 Å². The fourth-order valence-electron chi connectivity index (χ4n) is 1.48. The molecule has 0 aliphatic rings. The lowest BCUT2D eigenvalue weighted by atomic mass is 10.2. The van der Waals surface area contributed by atoms with Crippen LogP contribution in [0.5, 0.6) is 0 Å². The Balaban J connectivity index is 1.87. The predicted molar refractivity (Wildman–Crippen MR) is 74.5 cm³/mol. The topological polar surface area (TPSA) is 62.2 Å². The van der Waals surface area contributed by atoms with Crippen molar-refractivity contribution in [1.82, 2.24) is 4.98 Å². The second-order valence-electron chi connectivity index (χ2n) is 3.92. The molecule has 2 N–H and O–H groups in total. The van der Waals surface area contributed by atoms with E-state index in [2.05, 4.69) is 28.7 Å². The largest absolute Gasteiger partial charge is 0.481 e. The monoisotopic (exact) mass is 282 g/mol. The summed E-state index contributed by atoms with van der Waals surface area (Å²) in [4.78, 5) is 16.1. The van der Waals surface area contributed by atoms with E-state index in [9.17, 15) is 4.79 Å². The summed E-state index contributed by atoms with van der Waals surface area (Å²) in [7, 11) is 0. The molecule has 0 amide bonds. The molecular weight excluding hydrogens is 268 g/mol. The highest BCUT2D eigenvalue weighted by Crippen LogP contribution is 2.20. The van der Waals surface area contributed by atoms with Crippen LogP contribution >= 0.6 is 22.7 Å². The summed E-state index contributed by atoms with van der Waals surface area (Å²) in [6.07, 6.45) is 0.624. The second kappa shape index (κ2) is 5.97. The van der Waals surface area contributed by atoms with Crippen LogP contribution in [-0.2, 0) is 17.8 Å². The van der Waals surface area contributed by atoms with Crippen molar-refractivity contribution in [2.75, 3.05) is 5.32 Å². The van der Waals surface area contributed by atoms with Gasteiger partial charge in [0.15, 0.2) is 5.13 Å². The first-order chi connectivity index (χ1) is 8.65. The van der Waals surface area contributed by atoms with Crippen LogP contribution in [0.15, 0.2) is 16.8 Å². The third-order valence-electron chi connectivity index (χ3n) is 2.52. The average Bonchev–Trinajstić information content (AvgIpc) is 2.93. The molecule has 0 saturated carbocycles. The van der Waals surface area contributed by atoms with E-state index in [-0.39, 0.29) is 6.42 Å². The smallest absolute Gasteiger partial charge is 0.303 e. The third kappa shape index (κ3) is 3.54. The summed E-state index contributed by atoms with van der Waals surface area (Å²) in [5.74, 6) is -0.785. The third-order valence-corrected chi connectivity index (χ3v) is 4.39. The van der Waals surface area contributed by atoms with Crippen LogP contribution in [0, 0.1) is 6.92 Å². The number of nitrogens with zero attached hydrogens (tertiary/aromatic N) is 1. The zero-order valence-electron chi connectivity index (χ0n) is 9.97. The maximum absolute atomic E-state index is 10.5. The molecule has 4 nitrogen and oxygen atoms in total. The molecule has 0 radical (unpaired) electrons. The Hall–Kier alpha value is -1.40. The van der Waals surface area contributed by atoms with Gasteiger partial charge in [-0.15, -0.1) is 22.7 Å². The summed E-state index contributed by atoms with van der Waals surface area (Å²) < 4.78 is 0. The van der Waals surface area contributed by atoms with Crippen molar-refractivity contribution in [2.24, 2.45) is 0 Å². The standard InChI is InChI=1S/C12H14N2O2S2/c1-8-4-5-17-10(8)6-13-12-14-9(7-18-12)2-3-11(15)16/h4-5,7H,2-3,6H2,1H3,(H,13,14)(H,15,16). The molecule has 0 atom stereocenters. The molecule has 0 saturated heterocycles. The van der Waals surface area contributed by atoms with Crippen molar-refractivity contribution < 1.29 is 9.90 Å². The molecule has 0 aromatic carbocycles. The molecule has 18 heavy (non-hydrogen) atoms. The molecule has 0 spiro atoms. The molecule has 6 heteroatoms. The van der Waals surface area contributed by atoms with Gasteiger partial charge >= 0.3 is 5.97 Å². The Morgan fingerprint density at radius 1 is 1.50 bits per heavy atom. The quantitative estimate of drug-likeness (QED) is 0.854. The van der Waals surface area contributed by atoms with Gasteiger partial charge in [0.25, 0.3) is 0 Å². The van der Waals surface area contributed by atoms with Crippen molar-refractivity contribution in [3.63, 3.8) is 0 Å². The first kappa shape index (κ1) is 13.0. The van der Waals surface area contributed by atoms with E-state index in [0.29, 0.717) is 6.42 Å². The van der Waals surface area contributed by atoms with E-state index in [4.69, 9.17) is 5.11 Å². The minimum atomic E-state index is -0.785. The SMILES string of the molecule is Cc1ccsc1CNc1nc(CCC(=O)O)cs1. The molecule has 0 fully saturated rings. The molecule has 2 rings (SSSR count). The number of hydrogen-bond donors (Lipinski definition) is 2. The lowest BCUT2D eigenvalue weighted by molar-refractivity contribution is -0.136. The van der Waals surface area contributed by atoms with E-state index in [1.807, 2.05) is 5.38 Å². The van der Waals surface area contributed by atoms with Crippen molar-refractivity contribution in [2.45, 2.75) is 26.3 Å². The van der Waals surface area contributed by atoms with Gasteiger partial charge in [-0.25, -0.2) is 4.98 Å². The number of nitrogens with one attached hydrogen (secondary N) is 1. The molecule has 0 bridgehead atoms. The Labute approximate surface area is 113 Å². The number of thiazole rings is 1. The van der Waals surface area contributed by atoms with E-state index in [1.165, 1.54) is 21.8 Å². The van der Waals surface area contributed by atoms with Gasteiger partial charge < -0.3 is 10.4 Å². The van der Waals surface area contributed by atoms with Crippen LogP contribution in [-0.4, -0.2) is 16.1 Å². The maximum Gasteiger partial charge on any atom is 0.303 e. The van der Waals surface area contributed by atoms with E-state index >= 15 is 0 Å². The fourth-order valence-corrected chi connectivity index (χ4v) is 3.07. The van der Waals surface area contributed by atoms with Crippen molar-refractivity contribution in [3.8, 4) is 0 Å². The Morgan fingerprint density at radius 3 is 3.00 bits per heavy atom. The molecule has 2 heterocycles. The Morgan fingerprint density at radius 2 is 2.33 bits per heavy atom. The number of aliphatic carboxylic acids is 1. The molecule has 0 aliphatic heterocycles. The van der Waals surface area contributed by atoms with Gasteiger partial charge in [0.05, 0.1) is 18.7 Å². The molecule has 96 valence electrons. The van der Waals surface area contributed by atoms with Gasteiger partial charge in [-0.1, -0.05) is 0 Å². The van der Waals surface area contributed by atoms with Crippen LogP contribution in [0.2, 0.25) is 0 Å². The number of anilines is 1. The number of rotatable bonds is 6. The van der Waals surface area contributed by atoms with E-state index < -0.39 is 5.97 Å². The summed E-state index contributed by atoms with van der Waals surface area (Å²) in [5, 5.41) is 16.7. The van der Waals surface area contributed by atoms with Crippen LogP contribution in [0.4, 0.5) is 5.13 Å². The number of aromatic nitrogens is 1. The zero-order valence-corrected chi connectivity index (χ0v) is 11.6. The van der Waals surface area contributed by atoms with E-state index in [1.54, 1.807) is 11.3 Å². The molecule has 2 aromatic heterocycles. The zero-order chi connectivity index (χ0) is 13.0. The number of carboxylic acids is 1. The molecule has 0 unspecified atom stereocenters. The second-order valence-corrected chi connectivity index (χ2v) is 5.78. The Bertz CT molecular complexity index is 534. The van der Waals surface area contributed by atoms with Crippen molar-refractivity contribution >= 4 is 33.8 Å². The lowest BCUT2D eigenvalue weighted by Crippen LogP contribution is -2.00. The van der Waals surface area contributed by atoms with Gasteiger partial charge in [-0.2, -0.15) is 0 Å². The molecular formula is C12H14N2O2S2. The van der Waals surface area contributed by atoms with Crippen molar-refractivity contribution in [3.05, 3.63) is 33.0 Å². The summed E-state index contributed by atoms with van der Waals surface area (Å²) in [6.45, 7) is 2.86. The first-order valence-corrected chi connectivity index (χ1v) is 7.34. The lowest BCUT2D eigenvalue weighted by Gasteiger charge is -2.01. The normalized spacial score (nSPS) is 10.5. The van der Waals surface area contributed by atoms with Gasteiger partial charge in [0.1, 0.15) is 0 Å². The number of carbonyl (C=O) groups is 1. The fraction of sp³-hybridized carbons (Fsp3) is 0.333. The van der Waals surface area contributed by atoms with Crippen LogP contribution in [0.1, 0.15) is 22.6 Å². The highest BCUT2D eigenvalue weighted by atomic mass is 32.1. The van der Waals surface area contributed by atoms with Gasteiger partial charge in [-0.3, -0.25) is 4.79 Å². The number of hydrogen-bond acceptors (Lipinski definition) is 5. The molecule has 0 aliphatic carbocycles. The van der Waals surface area contributed by atoms with Crippen LogP contribution in [0.3, 0.4) is 0 Å². The van der Waals surface area contributed by atoms with Gasteiger partial charge in [-0.05, 0) is 23.9 Å². The summed E-state index contributed by atoms with van der Waals surface area (Å²) >= 11 is 3.24. The van der Waals surface area contributed by atoms with E-state index in [0.717, 1.165) is 17.4 Å². The minimum Gasteiger partial charge on any atom is -0.481 e. The number of carboxylic acid groups (broad SMARTS) is 1. The van der Waals surface area contributed by atoms with Gasteiger partial charge in [0.2, 0.25) is 0 Å². The molecule has 2 aromatic rings. The van der Waals surface area contributed by atoms with Crippen LogP contribution in [0.25, 0.3) is 0 Å².